The number of carbonyl (C=O) groups is 1. The zero-order valence-electron chi connectivity index (χ0n) is 14.7. The van der Waals surface area contributed by atoms with Crippen LogP contribution in [0.5, 0.6) is 5.75 Å². The summed E-state index contributed by atoms with van der Waals surface area (Å²) < 4.78 is 5.41. The summed E-state index contributed by atoms with van der Waals surface area (Å²) >= 11 is 0. The van der Waals surface area contributed by atoms with Crippen LogP contribution >= 0.6 is 0 Å². The number of nitrogens with one attached hydrogen (secondary N) is 1. The van der Waals surface area contributed by atoms with Crippen LogP contribution in [0.2, 0.25) is 0 Å². The van der Waals surface area contributed by atoms with Crippen LogP contribution in [0, 0.1) is 10.1 Å². The van der Waals surface area contributed by atoms with E-state index in [1.807, 2.05) is 6.92 Å². The molecule has 0 radical (unpaired) electrons. The van der Waals surface area contributed by atoms with E-state index in [0.29, 0.717) is 18.6 Å². The van der Waals surface area contributed by atoms with Gasteiger partial charge in [-0.05, 0) is 30.7 Å². The number of aromatic nitrogens is 1. The third kappa shape index (κ3) is 3.74. The maximum absolute atomic E-state index is 12.3. The number of amides is 1. The largest absolute Gasteiger partial charge is 0.505 e. The Morgan fingerprint density at radius 2 is 2.22 bits per heavy atom. The number of pyridine rings is 1. The van der Waals surface area contributed by atoms with Crippen LogP contribution in [0.15, 0.2) is 47.2 Å². The van der Waals surface area contributed by atoms with Crippen LogP contribution in [0.25, 0.3) is 10.9 Å². The predicted octanol–water partition coefficient (Wildman–Crippen LogP) is 3.84. The first-order valence-corrected chi connectivity index (χ1v) is 8.60. The Hall–Kier alpha value is -3.42. The Bertz CT molecular complexity index is 969. The molecule has 3 rings (SSSR count). The predicted molar refractivity (Wildman–Crippen MR) is 98.3 cm³/mol. The molecule has 0 saturated carbocycles. The second kappa shape index (κ2) is 7.86. The quantitative estimate of drug-likeness (QED) is 0.482. The van der Waals surface area contributed by atoms with Crippen molar-refractivity contribution in [2.45, 2.75) is 32.2 Å². The summed E-state index contributed by atoms with van der Waals surface area (Å²) in [5, 5.41) is 25.3. The second-order valence-corrected chi connectivity index (χ2v) is 6.11. The number of unbranched alkanes of at least 4 members (excludes halogenated alkanes) is 1. The highest BCUT2D eigenvalue weighted by molar-refractivity contribution is 5.93. The van der Waals surface area contributed by atoms with E-state index in [1.165, 1.54) is 24.6 Å². The molecule has 3 aromatic rings. The molecule has 2 heterocycles. The van der Waals surface area contributed by atoms with Crippen molar-refractivity contribution in [2.75, 3.05) is 0 Å². The molecule has 1 atom stereocenters. The standard InChI is InChI=1S/C19H19N3O5/c1-2-3-8-16(23)21-17(15-7-5-10-27-15)13-11-14(22(25)26)12-6-4-9-20-18(12)19(13)24/h4-7,9-11,17,24H,2-3,8H2,1H3,(H,21,23)/t17-/m0/s1. The van der Waals surface area contributed by atoms with Crippen LogP contribution in [-0.2, 0) is 4.79 Å². The van der Waals surface area contributed by atoms with Gasteiger partial charge >= 0.3 is 0 Å². The normalized spacial score (nSPS) is 12.0. The molecule has 0 aliphatic carbocycles. The molecule has 0 fully saturated rings. The number of furan rings is 1. The number of aromatic hydroxyl groups is 1. The molecule has 8 heteroatoms. The highest BCUT2D eigenvalue weighted by Gasteiger charge is 2.28. The number of nitrogens with zero attached hydrogens (tertiary/aromatic N) is 2. The minimum absolute atomic E-state index is 0.0982. The minimum atomic E-state index is -0.866. The van der Waals surface area contributed by atoms with Crippen molar-refractivity contribution in [3.8, 4) is 5.75 Å². The number of non-ortho nitro benzene ring substituents is 1. The number of hydrogen-bond donors (Lipinski definition) is 2. The summed E-state index contributed by atoms with van der Waals surface area (Å²) in [6.45, 7) is 1.97. The third-order valence-electron chi connectivity index (χ3n) is 4.27. The molecule has 0 aliphatic heterocycles. The van der Waals surface area contributed by atoms with E-state index in [1.54, 1.807) is 18.2 Å². The van der Waals surface area contributed by atoms with Gasteiger partial charge in [-0.3, -0.25) is 19.9 Å². The summed E-state index contributed by atoms with van der Waals surface area (Å²) in [5.41, 5.74) is 0.0547. The number of fused-ring (bicyclic) bond motifs is 1. The minimum Gasteiger partial charge on any atom is -0.505 e. The fraction of sp³-hybridized carbons (Fsp3) is 0.263. The number of carbonyl (C=O) groups excluding carboxylic acids is 1. The fourth-order valence-corrected chi connectivity index (χ4v) is 2.93. The average molecular weight is 369 g/mol. The zero-order valence-corrected chi connectivity index (χ0v) is 14.7. The monoisotopic (exact) mass is 369 g/mol. The van der Waals surface area contributed by atoms with Crippen molar-refractivity contribution in [1.29, 1.82) is 0 Å². The Balaban J connectivity index is 2.14. The third-order valence-corrected chi connectivity index (χ3v) is 4.27. The SMILES string of the molecule is CCCCC(=O)N[C@H](c1ccco1)c1cc([N+](=O)[O-])c2cccnc2c1O. The number of nitro benzene ring substituents is 1. The van der Waals surface area contributed by atoms with Crippen molar-refractivity contribution in [3.05, 3.63) is 64.2 Å². The first-order valence-electron chi connectivity index (χ1n) is 8.60. The number of phenols is 1. The number of benzene rings is 1. The van der Waals surface area contributed by atoms with Gasteiger partial charge in [0, 0.05) is 24.2 Å². The van der Waals surface area contributed by atoms with Gasteiger partial charge in [0.1, 0.15) is 23.1 Å². The summed E-state index contributed by atoms with van der Waals surface area (Å²) in [4.78, 5) is 27.4. The highest BCUT2D eigenvalue weighted by atomic mass is 16.6. The lowest BCUT2D eigenvalue weighted by atomic mass is 9.99. The molecule has 1 aromatic carbocycles. The van der Waals surface area contributed by atoms with Crippen molar-refractivity contribution < 1.29 is 19.2 Å². The number of hydrogen-bond acceptors (Lipinski definition) is 6. The highest BCUT2D eigenvalue weighted by Crippen LogP contribution is 2.39. The van der Waals surface area contributed by atoms with Crippen LogP contribution in [-0.4, -0.2) is 20.9 Å². The summed E-state index contributed by atoms with van der Waals surface area (Å²) in [5.74, 6) is -0.102. The van der Waals surface area contributed by atoms with Crippen molar-refractivity contribution in [2.24, 2.45) is 0 Å². The summed E-state index contributed by atoms with van der Waals surface area (Å²) in [6.07, 6.45) is 4.75. The van der Waals surface area contributed by atoms with E-state index in [4.69, 9.17) is 4.42 Å². The van der Waals surface area contributed by atoms with E-state index in [-0.39, 0.29) is 33.8 Å². The topological polar surface area (TPSA) is 118 Å². The van der Waals surface area contributed by atoms with Crippen molar-refractivity contribution in [3.63, 3.8) is 0 Å². The van der Waals surface area contributed by atoms with E-state index in [0.717, 1.165) is 6.42 Å². The molecule has 8 nitrogen and oxygen atoms in total. The maximum Gasteiger partial charge on any atom is 0.279 e. The lowest BCUT2D eigenvalue weighted by Gasteiger charge is -2.19. The molecule has 0 saturated heterocycles. The summed E-state index contributed by atoms with van der Waals surface area (Å²) in [7, 11) is 0. The fourth-order valence-electron chi connectivity index (χ4n) is 2.93. The molecule has 1 amide bonds. The smallest absolute Gasteiger partial charge is 0.279 e. The summed E-state index contributed by atoms with van der Waals surface area (Å²) in [6, 6.07) is 6.75. The van der Waals surface area contributed by atoms with Crippen molar-refractivity contribution in [1.82, 2.24) is 10.3 Å². The van der Waals surface area contributed by atoms with Gasteiger partial charge in [0.25, 0.3) is 5.69 Å². The molecule has 2 N–H and O–H groups in total. The van der Waals surface area contributed by atoms with Gasteiger partial charge in [-0.1, -0.05) is 13.3 Å². The Morgan fingerprint density at radius 1 is 1.41 bits per heavy atom. The Kier molecular flexibility index (Phi) is 5.35. The van der Waals surface area contributed by atoms with E-state index in [2.05, 4.69) is 10.3 Å². The van der Waals surface area contributed by atoms with Crippen LogP contribution in [0.1, 0.15) is 43.6 Å². The van der Waals surface area contributed by atoms with Gasteiger partial charge < -0.3 is 14.8 Å². The van der Waals surface area contributed by atoms with E-state index >= 15 is 0 Å². The number of phenolic OH excluding ortho intramolecular Hbond substituents is 1. The zero-order chi connectivity index (χ0) is 19.4. The first-order chi connectivity index (χ1) is 13.0. The van der Waals surface area contributed by atoms with Gasteiger partial charge in [0.05, 0.1) is 16.6 Å². The Morgan fingerprint density at radius 3 is 2.89 bits per heavy atom. The average Bonchev–Trinajstić information content (AvgIpc) is 3.19. The molecule has 0 bridgehead atoms. The number of nitro groups is 1. The van der Waals surface area contributed by atoms with Crippen molar-refractivity contribution >= 4 is 22.5 Å². The molecule has 0 unspecified atom stereocenters. The van der Waals surface area contributed by atoms with E-state index in [9.17, 15) is 20.0 Å². The number of rotatable bonds is 7. The lowest BCUT2D eigenvalue weighted by molar-refractivity contribution is -0.383. The van der Waals surface area contributed by atoms with Gasteiger partial charge in [0.2, 0.25) is 5.91 Å². The van der Waals surface area contributed by atoms with E-state index < -0.39 is 11.0 Å². The molecular formula is C19H19N3O5. The first kappa shape index (κ1) is 18.4. The maximum atomic E-state index is 12.3. The van der Waals surface area contributed by atoms with Gasteiger partial charge in [-0.25, -0.2) is 0 Å². The van der Waals surface area contributed by atoms with Crippen LogP contribution in [0.3, 0.4) is 0 Å². The molecular weight excluding hydrogens is 350 g/mol. The second-order valence-electron chi connectivity index (χ2n) is 6.11. The molecule has 2 aromatic heterocycles. The van der Waals surface area contributed by atoms with Gasteiger partial charge in [-0.2, -0.15) is 0 Å². The van der Waals surface area contributed by atoms with Crippen LogP contribution in [0.4, 0.5) is 5.69 Å². The van der Waals surface area contributed by atoms with Gasteiger partial charge in [-0.15, -0.1) is 0 Å². The molecule has 140 valence electrons. The van der Waals surface area contributed by atoms with Crippen LogP contribution < -0.4 is 5.32 Å². The molecule has 0 spiro atoms. The Labute approximate surface area is 155 Å². The van der Waals surface area contributed by atoms with Gasteiger partial charge in [0.15, 0.2) is 0 Å². The lowest BCUT2D eigenvalue weighted by Crippen LogP contribution is -2.29. The molecule has 0 aliphatic rings. The molecule has 27 heavy (non-hydrogen) atoms.